The number of nitrogens with one attached hydrogen (secondary N) is 1. The van der Waals surface area contributed by atoms with Crippen molar-refractivity contribution in [2.75, 3.05) is 6.54 Å². The van der Waals surface area contributed by atoms with E-state index in [0.29, 0.717) is 6.04 Å². The van der Waals surface area contributed by atoms with E-state index in [0.717, 1.165) is 12.5 Å². The fourth-order valence-corrected chi connectivity index (χ4v) is 4.22. The second-order valence-corrected chi connectivity index (χ2v) is 7.02. The van der Waals surface area contributed by atoms with Gasteiger partial charge in [0.15, 0.2) is 0 Å². The molecule has 1 fully saturated rings. The van der Waals surface area contributed by atoms with Crippen molar-refractivity contribution in [3.63, 3.8) is 0 Å². The summed E-state index contributed by atoms with van der Waals surface area (Å²) in [4.78, 5) is 0. The summed E-state index contributed by atoms with van der Waals surface area (Å²) in [7, 11) is 0. The van der Waals surface area contributed by atoms with E-state index >= 15 is 0 Å². The normalized spacial score (nSPS) is 18.5. The maximum atomic E-state index is 3.77. The molecular formula is C20H33N. The minimum absolute atomic E-state index is 0.540. The average molecular weight is 287 g/mol. The summed E-state index contributed by atoms with van der Waals surface area (Å²) in [6.45, 7) is 10.1. The first-order valence-corrected chi connectivity index (χ1v) is 8.93. The van der Waals surface area contributed by atoms with Gasteiger partial charge in [0.2, 0.25) is 0 Å². The van der Waals surface area contributed by atoms with Crippen LogP contribution in [0.1, 0.15) is 80.2 Å². The van der Waals surface area contributed by atoms with Gasteiger partial charge in [-0.1, -0.05) is 63.1 Å². The lowest BCUT2D eigenvalue weighted by Crippen LogP contribution is -2.25. The molecule has 1 nitrogen and oxygen atoms in total. The van der Waals surface area contributed by atoms with Crippen molar-refractivity contribution in [1.29, 1.82) is 0 Å². The third-order valence-corrected chi connectivity index (χ3v) is 5.08. The van der Waals surface area contributed by atoms with Gasteiger partial charge in [0, 0.05) is 6.04 Å². The summed E-state index contributed by atoms with van der Waals surface area (Å²) in [5.74, 6) is 0.914. The highest BCUT2D eigenvalue weighted by Gasteiger charge is 2.21. The Morgan fingerprint density at radius 1 is 1.00 bits per heavy atom. The molecule has 1 saturated carbocycles. The fraction of sp³-hybridized carbons (Fsp3) is 0.700. The second kappa shape index (κ2) is 7.98. The van der Waals surface area contributed by atoms with Crippen molar-refractivity contribution in [3.8, 4) is 0 Å². The first-order valence-electron chi connectivity index (χ1n) is 8.93. The molecule has 1 aliphatic carbocycles. The van der Waals surface area contributed by atoms with Crippen LogP contribution in [0.25, 0.3) is 0 Å². The van der Waals surface area contributed by atoms with Crippen LogP contribution in [0.15, 0.2) is 12.1 Å². The lowest BCUT2D eigenvalue weighted by molar-refractivity contribution is 0.358. The smallest absolute Gasteiger partial charge is 0.0328 e. The van der Waals surface area contributed by atoms with Gasteiger partial charge >= 0.3 is 0 Å². The number of aryl methyl sites for hydroxylation is 3. The molecule has 1 aromatic carbocycles. The van der Waals surface area contributed by atoms with Gasteiger partial charge in [0.1, 0.15) is 0 Å². The lowest BCUT2D eigenvalue weighted by atomic mass is 9.85. The third-order valence-electron chi connectivity index (χ3n) is 5.08. The number of hydrogen-bond donors (Lipinski definition) is 1. The Morgan fingerprint density at radius 3 is 2.10 bits per heavy atom. The lowest BCUT2D eigenvalue weighted by Gasteiger charge is -2.27. The highest BCUT2D eigenvalue weighted by molar-refractivity contribution is 5.39. The van der Waals surface area contributed by atoms with Gasteiger partial charge in [-0.15, -0.1) is 0 Å². The average Bonchev–Trinajstić information content (AvgIpc) is 2.66. The van der Waals surface area contributed by atoms with Crippen LogP contribution in [0.4, 0.5) is 0 Å². The SMILES string of the molecule is CCNC(CC1CCCCCC1)c1c(C)cc(C)cc1C. The summed E-state index contributed by atoms with van der Waals surface area (Å²) < 4.78 is 0. The van der Waals surface area contributed by atoms with E-state index in [9.17, 15) is 0 Å². The van der Waals surface area contributed by atoms with Crippen LogP contribution < -0.4 is 5.32 Å². The van der Waals surface area contributed by atoms with Crippen molar-refractivity contribution in [2.45, 2.75) is 78.7 Å². The first kappa shape index (κ1) is 16.5. The monoisotopic (exact) mass is 287 g/mol. The minimum Gasteiger partial charge on any atom is -0.310 e. The molecule has 1 atom stereocenters. The standard InChI is InChI=1S/C20H33N/c1-5-21-19(14-18-10-8-6-7-9-11-18)20-16(3)12-15(2)13-17(20)4/h12-13,18-19,21H,5-11,14H2,1-4H3. The summed E-state index contributed by atoms with van der Waals surface area (Å²) in [6, 6.07) is 5.23. The van der Waals surface area contributed by atoms with E-state index < -0.39 is 0 Å². The van der Waals surface area contributed by atoms with Crippen molar-refractivity contribution in [2.24, 2.45) is 5.92 Å². The third kappa shape index (κ3) is 4.57. The zero-order chi connectivity index (χ0) is 15.2. The Morgan fingerprint density at radius 2 is 1.57 bits per heavy atom. The Bertz CT molecular complexity index is 418. The molecule has 1 heteroatoms. The second-order valence-electron chi connectivity index (χ2n) is 7.02. The molecule has 0 aromatic heterocycles. The molecule has 1 unspecified atom stereocenters. The maximum absolute atomic E-state index is 3.77. The Kier molecular flexibility index (Phi) is 6.29. The van der Waals surface area contributed by atoms with Crippen LogP contribution in [0.3, 0.4) is 0 Å². The Hall–Kier alpha value is -0.820. The van der Waals surface area contributed by atoms with Gasteiger partial charge in [-0.2, -0.15) is 0 Å². The molecule has 1 N–H and O–H groups in total. The van der Waals surface area contributed by atoms with E-state index in [1.807, 2.05) is 0 Å². The van der Waals surface area contributed by atoms with E-state index in [1.165, 1.54) is 61.6 Å². The van der Waals surface area contributed by atoms with E-state index in [2.05, 4.69) is 45.1 Å². The number of hydrogen-bond acceptors (Lipinski definition) is 1. The van der Waals surface area contributed by atoms with Gasteiger partial charge in [-0.25, -0.2) is 0 Å². The topological polar surface area (TPSA) is 12.0 Å². The molecule has 0 amide bonds. The van der Waals surface area contributed by atoms with Gasteiger partial charge in [0.05, 0.1) is 0 Å². The fourth-order valence-electron chi connectivity index (χ4n) is 4.22. The molecule has 0 spiro atoms. The zero-order valence-electron chi connectivity index (χ0n) is 14.5. The van der Waals surface area contributed by atoms with Crippen molar-refractivity contribution in [3.05, 3.63) is 34.4 Å². The maximum Gasteiger partial charge on any atom is 0.0328 e. The van der Waals surface area contributed by atoms with Crippen LogP contribution >= 0.6 is 0 Å². The molecule has 1 aromatic rings. The molecule has 0 heterocycles. The number of rotatable bonds is 5. The molecule has 0 radical (unpaired) electrons. The Labute approximate surface area is 131 Å². The van der Waals surface area contributed by atoms with Crippen LogP contribution in [-0.4, -0.2) is 6.54 Å². The van der Waals surface area contributed by atoms with Crippen LogP contribution in [0.5, 0.6) is 0 Å². The van der Waals surface area contributed by atoms with Crippen molar-refractivity contribution in [1.82, 2.24) is 5.32 Å². The quantitative estimate of drug-likeness (QED) is 0.693. The molecule has 118 valence electrons. The molecule has 2 rings (SSSR count). The molecule has 1 aliphatic rings. The molecule has 0 bridgehead atoms. The van der Waals surface area contributed by atoms with Gasteiger partial charge in [0.25, 0.3) is 0 Å². The highest BCUT2D eigenvalue weighted by Crippen LogP contribution is 2.33. The molecule has 21 heavy (non-hydrogen) atoms. The zero-order valence-corrected chi connectivity index (χ0v) is 14.5. The van der Waals surface area contributed by atoms with E-state index in [-0.39, 0.29) is 0 Å². The minimum atomic E-state index is 0.540. The summed E-state index contributed by atoms with van der Waals surface area (Å²) in [6.07, 6.45) is 9.97. The van der Waals surface area contributed by atoms with Crippen LogP contribution in [0.2, 0.25) is 0 Å². The summed E-state index contributed by atoms with van der Waals surface area (Å²) >= 11 is 0. The summed E-state index contributed by atoms with van der Waals surface area (Å²) in [5, 5.41) is 3.77. The van der Waals surface area contributed by atoms with Crippen molar-refractivity contribution < 1.29 is 0 Å². The molecular weight excluding hydrogens is 254 g/mol. The first-order chi connectivity index (χ1) is 10.1. The van der Waals surface area contributed by atoms with Crippen LogP contribution in [0, 0.1) is 26.7 Å². The van der Waals surface area contributed by atoms with Gasteiger partial charge < -0.3 is 5.32 Å². The van der Waals surface area contributed by atoms with Gasteiger partial charge in [-0.05, 0) is 56.3 Å². The molecule has 0 aliphatic heterocycles. The predicted octanol–water partition coefficient (Wildman–Crippen LogP) is 5.62. The largest absolute Gasteiger partial charge is 0.310 e. The summed E-state index contributed by atoms with van der Waals surface area (Å²) in [5.41, 5.74) is 5.88. The van der Waals surface area contributed by atoms with Crippen LogP contribution in [-0.2, 0) is 0 Å². The highest BCUT2D eigenvalue weighted by atomic mass is 14.9. The van der Waals surface area contributed by atoms with Gasteiger partial charge in [-0.3, -0.25) is 0 Å². The number of benzene rings is 1. The van der Waals surface area contributed by atoms with E-state index in [1.54, 1.807) is 5.56 Å². The molecule has 0 saturated heterocycles. The van der Waals surface area contributed by atoms with Crippen molar-refractivity contribution >= 4 is 0 Å². The predicted molar refractivity (Wildman–Crippen MR) is 92.9 cm³/mol. The Balaban J connectivity index is 2.18. The van der Waals surface area contributed by atoms with E-state index in [4.69, 9.17) is 0 Å².